The molecule has 0 aromatic heterocycles. The van der Waals surface area contributed by atoms with Crippen LogP contribution < -0.4 is 9.47 Å². The molecule has 0 spiro atoms. The summed E-state index contributed by atoms with van der Waals surface area (Å²) in [5.74, 6) is 0.135. The monoisotopic (exact) mass is 252 g/mol. The number of rotatable bonds is 4. The number of carbonyl (C=O) groups excluding carboxylic acids is 2. The third-order valence-electron chi connectivity index (χ3n) is 2.39. The Morgan fingerprint density at radius 3 is 2.33 bits per heavy atom. The van der Waals surface area contributed by atoms with Gasteiger partial charge in [-0.3, -0.25) is 9.59 Å². The lowest BCUT2D eigenvalue weighted by atomic mass is 10.1. The van der Waals surface area contributed by atoms with Crippen LogP contribution >= 0.6 is 0 Å². The van der Waals surface area contributed by atoms with Crippen molar-refractivity contribution in [1.82, 2.24) is 0 Å². The molecule has 0 saturated heterocycles. The maximum Gasteiger partial charge on any atom is 0.310 e. The van der Waals surface area contributed by atoms with Gasteiger partial charge in [0.15, 0.2) is 0 Å². The van der Waals surface area contributed by atoms with Crippen molar-refractivity contribution < 1.29 is 23.8 Å². The average Bonchev–Trinajstić information content (AvgIpc) is 2.31. The van der Waals surface area contributed by atoms with Gasteiger partial charge < -0.3 is 14.2 Å². The van der Waals surface area contributed by atoms with E-state index in [-0.39, 0.29) is 6.42 Å². The Balaban J connectivity index is 3.16. The molecule has 0 aliphatic carbocycles. The van der Waals surface area contributed by atoms with E-state index in [2.05, 4.69) is 4.74 Å². The van der Waals surface area contributed by atoms with Crippen LogP contribution in [-0.2, 0) is 20.7 Å². The minimum atomic E-state index is -0.439. The van der Waals surface area contributed by atoms with Crippen molar-refractivity contribution in [2.24, 2.45) is 0 Å². The molecule has 0 N–H and O–H groups in total. The van der Waals surface area contributed by atoms with Crippen LogP contribution in [0.1, 0.15) is 18.1 Å². The van der Waals surface area contributed by atoms with E-state index < -0.39 is 11.9 Å². The summed E-state index contributed by atoms with van der Waals surface area (Å²) in [6, 6.07) is 3.34. The van der Waals surface area contributed by atoms with Gasteiger partial charge in [-0.2, -0.15) is 0 Å². The Kier molecular flexibility index (Phi) is 4.71. The van der Waals surface area contributed by atoms with Gasteiger partial charge in [0.05, 0.1) is 20.6 Å². The lowest BCUT2D eigenvalue weighted by molar-refractivity contribution is -0.140. The minimum absolute atomic E-state index is 0.0236. The molecule has 98 valence electrons. The molecule has 5 heteroatoms. The summed E-state index contributed by atoms with van der Waals surface area (Å²) < 4.78 is 14.8. The molecule has 0 saturated carbocycles. The minimum Gasteiger partial charge on any atom is -0.496 e. The molecule has 0 heterocycles. The summed E-state index contributed by atoms with van der Waals surface area (Å²) in [6.45, 7) is 3.13. The fourth-order valence-corrected chi connectivity index (χ4v) is 1.54. The molecule has 5 nitrogen and oxygen atoms in total. The second-order valence-electron chi connectivity index (χ2n) is 3.78. The van der Waals surface area contributed by atoms with Crippen LogP contribution in [-0.4, -0.2) is 26.2 Å². The number of esters is 2. The molecule has 0 unspecified atom stereocenters. The lowest BCUT2D eigenvalue weighted by Crippen LogP contribution is -2.09. The fraction of sp³-hybridized carbons (Fsp3) is 0.385. The van der Waals surface area contributed by atoms with Gasteiger partial charge in [0, 0.05) is 12.5 Å². The maximum absolute atomic E-state index is 11.3. The van der Waals surface area contributed by atoms with Crippen molar-refractivity contribution in [2.45, 2.75) is 20.3 Å². The van der Waals surface area contributed by atoms with Gasteiger partial charge in [0.2, 0.25) is 0 Å². The topological polar surface area (TPSA) is 61.8 Å². The molecule has 0 atom stereocenters. The van der Waals surface area contributed by atoms with E-state index in [0.717, 1.165) is 5.56 Å². The molecule has 0 bridgehead atoms. The molecule has 0 aliphatic heterocycles. The van der Waals surface area contributed by atoms with E-state index in [1.54, 1.807) is 12.1 Å². The third-order valence-corrected chi connectivity index (χ3v) is 2.39. The number of aryl methyl sites for hydroxylation is 1. The number of carbonyl (C=O) groups is 2. The van der Waals surface area contributed by atoms with Gasteiger partial charge in [-0.15, -0.1) is 0 Å². The molecular formula is C13H16O5. The number of ether oxygens (including phenoxy) is 3. The second kappa shape index (κ2) is 6.05. The van der Waals surface area contributed by atoms with Crippen molar-refractivity contribution in [3.8, 4) is 11.5 Å². The first kappa shape index (κ1) is 14.0. The quantitative estimate of drug-likeness (QED) is 0.602. The number of methoxy groups -OCH3 is 2. The highest BCUT2D eigenvalue weighted by Crippen LogP contribution is 2.29. The van der Waals surface area contributed by atoms with Crippen LogP contribution in [0.25, 0.3) is 0 Å². The summed E-state index contributed by atoms with van der Waals surface area (Å²) >= 11 is 0. The van der Waals surface area contributed by atoms with Crippen LogP contribution in [0.15, 0.2) is 12.1 Å². The van der Waals surface area contributed by atoms with Crippen molar-refractivity contribution in [3.05, 3.63) is 23.3 Å². The molecule has 18 heavy (non-hydrogen) atoms. The lowest BCUT2D eigenvalue weighted by Gasteiger charge is -2.12. The Morgan fingerprint density at radius 1 is 1.17 bits per heavy atom. The fourth-order valence-electron chi connectivity index (χ4n) is 1.54. The smallest absolute Gasteiger partial charge is 0.310 e. The molecule has 0 radical (unpaired) electrons. The van der Waals surface area contributed by atoms with E-state index in [4.69, 9.17) is 9.47 Å². The molecule has 1 aromatic carbocycles. The molecule has 0 amide bonds. The molecule has 0 aliphatic rings. The van der Waals surface area contributed by atoms with E-state index in [0.29, 0.717) is 17.1 Å². The average molecular weight is 252 g/mol. The van der Waals surface area contributed by atoms with Crippen LogP contribution in [0.3, 0.4) is 0 Å². The zero-order chi connectivity index (χ0) is 13.7. The highest BCUT2D eigenvalue weighted by molar-refractivity contribution is 5.75. The molecule has 1 aromatic rings. The Hall–Kier alpha value is -2.04. The Labute approximate surface area is 106 Å². The largest absolute Gasteiger partial charge is 0.496 e. The van der Waals surface area contributed by atoms with Gasteiger partial charge in [0.25, 0.3) is 0 Å². The highest BCUT2D eigenvalue weighted by Gasteiger charge is 2.14. The SMILES string of the molecule is COC(=O)Cc1cc(OC)c(C)cc1OC(C)=O. The number of hydrogen-bond acceptors (Lipinski definition) is 5. The van der Waals surface area contributed by atoms with Crippen molar-refractivity contribution in [2.75, 3.05) is 14.2 Å². The van der Waals surface area contributed by atoms with Crippen molar-refractivity contribution in [3.63, 3.8) is 0 Å². The predicted octanol–water partition coefficient (Wildman–Crippen LogP) is 1.64. The normalized spacial score (nSPS) is 9.78. The Bertz CT molecular complexity index is 465. The number of hydrogen-bond donors (Lipinski definition) is 0. The molecule has 1 rings (SSSR count). The third kappa shape index (κ3) is 3.48. The maximum atomic E-state index is 11.3. The second-order valence-corrected chi connectivity index (χ2v) is 3.78. The molecular weight excluding hydrogens is 236 g/mol. The standard InChI is InChI=1S/C13H16O5/c1-8-5-12(18-9(2)14)10(6-11(8)16-3)7-13(15)17-4/h5-6H,7H2,1-4H3. The van der Waals surface area contributed by atoms with Crippen LogP contribution in [0, 0.1) is 6.92 Å². The zero-order valence-electron chi connectivity index (χ0n) is 10.9. The highest BCUT2D eigenvalue weighted by atomic mass is 16.5. The van der Waals surface area contributed by atoms with Gasteiger partial charge in [0.1, 0.15) is 11.5 Å². The van der Waals surface area contributed by atoms with Crippen molar-refractivity contribution >= 4 is 11.9 Å². The van der Waals surface area contributed by atoms with Gasteiger partial charge in [-0.1, -0.05) is 0 Å². The first-order chi connectivity index (χ1) is 8.47. The molecule has 0 fully saturated rings. The summed E-state index contributed by atoms with van der Waals surface area (Å²) in [4.78, 5) is 22.3. The summed E-state index contributed by atoms with van der Waals surface area (Å²) in [7, 11) is 2.84. The van der Waals surface area contributed by atoms with E-state index >= 15 is 0 Å². The van der Waals surface area contributed by atoms with Crippen LogP contribution in [0.2, 0.25) is 0 Å². The van der Waals surface area contributed by atoms with Gasteiger partial charge >= 0.3 is 11.9 Å². The number of benzene rings is 1. The summed E-state index contributed by atoms with van der Waals surface area (Å²) in [6.07, 6.45) is 0.0236. The van der Waals surface area contributed by atoms with Gasteiger partial charge in [-0.05, 0) is 24.6 Å². The summed E-state index contributed by atoms with van der Waals surface area (Å²) in [5.41, 5.74) is 1.38. The van der Waals surface area contributed by atoms with Gasteiger partial charge in [-0.25, -0.2) is 0 Å². The first-order valence-corrected chi connectivity index (χ1v) is 5.40. The zero-order valence-corrected chi connectivity index (χ0v) is 10.9. The van der Waals surface area contributed by atoms with E-state index in [1.807, 2.05) is 6.92 Å². The van der Waals surface area contributed by atoms with E-state index in [9.17, 15) is 9.59 Å². The van der Waals surface area contributed by atoms with Crippen molar-refractivity contribution in [1.29, 1.82) is 0 Å². The Morgan fingerprint density at radius 2 is 1.83 bits per heavy atom. The van der Waals surface area contributed by atoms with Crippen LogP contribution in [0.5, 0.6) is 11.5 Å². The van der Waals surface area contributed by atoms with Crippen LogP contribution in [0.4, 0.5) is 0 Å². The predicted molar refractivity (Wildman–Crippen MR) is 64.8 cm³/mol. The first-order valence-electron chi connectivity index (χ1n) is 5.40. The van der Waals surface area contributed by atoms with E-state index in [1.165, 1.54) is 21.1 Å². The summed E-state index contributed by atoms with van der Waals surface area (Å²) in [5, 5.41) is 0.